The molecule has 0 saturated carbocycles. The molecule has 0 spiro atoms. The molecule has 202 valence electrons. The third-order valence-corrected chi connectivity index (χ3v) is 7.24. The number of hydrogen-bond acceptors (Lipinski definition) is 5. The molecule has 0 bridgehead atoms. The molecule has 0 aliphatic carbocycles. The number of carbonyl (C=O) groups excluding carboxylic acids is 1. The second-order valence-electron chi connectivity index (χ2n) is 10.3. The standard InChI is InChI=1S/C31H28F2N6O/c1-20-3-2-4-23(13-20)27-8-6-25(18-35-27)36-30(40)29-26-15-22(5-7-28(26)37-38-29)24-14-21(16-34-17-24)19-39-11-9-31(32,33)10-12-39/h2-8,13-18H,9-12,19H2,1H3,(H,36,40)(H,37,38). The van der Waals surface area contributed by atoms with Crippen LogP contribution in [-0.2, 0) is 6.54 Å². The molecule has 7 nitrogen and oxygen atoms in total. The Hall–Kier alpha value is -4.50. The number of likely N-dealkylation sites (tertiary alicyclic amines) is 1. The van der Waals surface area contributed by atoms with Crippen LogP contribution in [-0.4, -0.2) is 50.0 Å². The Morgan fingerprint density at radius 2 is 1.82 bits per heavy atom. The first-order valence-electron chi connectivity index (χ1n) is 13.2. The van der Waals surface area contributed by atoms with Crippen molar-refractivity contribution in [1.82, 2.24) is 25.1 Å². The number of hydrogen-bond donors (Lipinski definition) is 2. The minimum atomic E-state index is -2.57. The van der Waals surface area contributed by atoms with E-state index in [0.29, 0.717) is 30.7 Å². The van der Waals surface area contributed by atoms with Crippen molar-refractivity contribution in [2.24, 2.45) is 0 Å². The van der Waals surface area contributed by atoms with Crippen LogP contribution in [0.25, 0.3) is 33.3 Å². The summed E-state index contributed by atoms with van der Waals surface area (Å²) in [5.74, 6) is -2.91. The van der Waals surface area contributed by atoms with Gasteiger partial charge in [0.2, 0.25) is 0 Å². The van der Waals surface area contributed by atoms with Crippen LogP contribution in [0.5, 0.6) is 0 Å². The maximum Gasteiger partial charge on any atom is 0.276 e. The number of aromatic nitrogens is 4. The highest BCUT2D eigenvalue weighted by molar-refractivity contribution is 6.11. The Bertz CT molecular complexity index is 1670. The maximum atomic E-state index is 13.5. The second-order valence-corrected chi connectivity index (χ2v) is 10.3. The van der Waals surface area contributed by atoms with E-state index in [9.17, 15) is 13.6 Å². The summed E-state index contributed by atoms with van der Waals surface area (Å²) < 4.78 is 27.1. The molecule has 5 aromatic rings. The van der Waals surface area contributed by atoms with Crippen molar-refractivity contribution in [3.8, 4) is 22.4 Å². The summed E-state index contributed by atoms with van der Waals surface area (Å²) in [6, 6.07) is 19.5. The SMILES string of the molecule is Cc1cccc(-c2ccc(NC(=O)c3n[nH]c4ccc(-c5cncc(CN6CCC(F)(F)CC6)c5)cc34)cn2)c1. The number of H-pyrrole nitrogens is 1. The molecule has 1 fully saturated rings. The summed E-state index contributed by atoms with van der Waals surface area (Å²) in [6.07, 6.45) is 4.93. The molecule has 3 aromatic heterocycles. The average molecular weight is 539 g/mol. The number of nitrogens with one attached hydrogen (secondary N) is 2. The lowest BCUT2D eigenvalue weighted by Crippen LogP contribution is -2.38. The number of halogens is 2. The fraction of sp³-hybridized carbons (Fsp3) is 0.226. The van der Waals surface area contributed by atoms with E-state index in [1.807, 2.05) is 66.4 Å². The van der Waals surface area contributed by atoms with Crippen LogP contribution in [0, 0.1) is 6.92 Å². The van der Waals surface area contributed by atoms with Crippen molar-refractivity contribution in [1.29, 1.82) is 0 Å². The number of fused-ring (bicyclic) bond motifs is 1. The summed E-state index contributed by atoms with van der Waals surface area (Å²) in [5.41, 5.74) is 7.29. The topological polar surface area (TPSA) is 86.8 Å². The summed E-state index contributed by atoms with van der Waals surface area (Å²) in [7, 11) is 0. The Labute approximate surface area is 230 Å². The Kier molecular flexibility index (Phi) is 6.81. The highest BCUT2D eigenvalue weighted by Gasteiger charge is 2.33. The van der Waals surface area contributed by atoms with Gasteiger partial charge in [0.05, 0.1) is 23.1 Å². The molecule has 1 amide bonds. The van der Waals surface area contributed by atoms with Gasteiger partial charge in [-0.15, -0.1) is 0 Å². The Morgan fingerprint density at radius 3 is 2.60 bits per heavy atom. The van der Waals surface area contributed by atoms with Crippen molar-refractivity contribution < 1.29 is 13.6 Å². The van der Waals surface area contributed by atoms with Crippen LogP contribution in [0.1, 0.15) is 34.5 Å². The monoisotopic (exact) mass is 538 g/mol. The van der Waals surface area contributed by atoms with Crippen LogP contribution in [0.4, 0.5) is 14.5 Å². The predicted molar refractivity (Wildman–Crippen MR) is 151 cm³/mol. The number of anilines is 1. The lowest BCUT2D eigenvalue weighted by Gasteiger charge is -2.31. The average Bonchev–Trinajstić information content (AvgIpc) is 3.38. The molecule has 0 radical (unpaired) electrons. The van der Waals surface area contributed by atoms with E-state index in [4.69, 9.17) is 0 Å². The molecule has 0 atom stereocenters. The number of aryl methyl sites for hydroxylation is 1. The van der Waals surface area contributed by atoms with Gasteiger partial charge in [-0.1, -0.05) is 29.8 Å². The number of benzene rings is 2. The first-order valence-corrected chi connectivity index (χ1v) is 13.2. The summed E-state index contributed by atoms with van der Waals surface area (Å²) in [6.45, 7) is 3.32. The van der Waals surface area contributed by atoms with Gasteiger partial charge in [-0.2, -0.15) is 5.10 Å². The molecule has 6 rings (SSSR count). The van der Waals surface area contributed by atoms with E-state index < -0.39 is 5.92 Å². The van der Waals surface area contributed by atoms with E-state index in [2.05, 4.69) is 31.5 Å². The number of nitrogens with zero attached hydrogens (tertiary/aromatic N) is 4. The lowest BCUT2D eigenvalue weighted by atomic mass is 10.0. The van der Waals surface area contributed by atoms with Gasteiger partial charge in [-0.3, -0.25) is 24.8 Å². The number of piperidine rings is 1. The molecular formula is C31H28F2N6O. The number of alkyl halides is 2. The van der Waals surface area contributed by atoms with E-state index in [0.717, 1.165) is 39.0 Å². The van der Waals surface area contributed by atoms with Crippen molar-refractivity contribution in [2.75, 3.05) is 18.4 Å². The fourth-order valence-corrected chi connectivity index (χ4v) is 5.03. The number of rotatable bonds is 6. The normalized spacial score (nSPS) is 15.3. The molecule has 2 aromatic carbocycles. The Morgan fingerprint density at radius 1 is 0.975 bits per heavy atom. The van der Waals surface area contributed by atoms with Gasteiger partial charge in [0.25, 0.3) is 11.8 Å². The summed E-state index contributed by atoms with van der Waals surface area (Å²) >= 11 is 0. The van der Waals surface area contributed by atoms with Crippen LogP contribution in [0.3, 0.4) is 0 Å². The fourth-order valence-electron chi connectivity index (χ4n) is 5.03. The van der Waals surface area contributed by atoms with Gasteiger partial charge < -0.3 is 5.32 Å². The van der Waals surface area contributed by atoms with Crippen LogP contribution in [0.15, 0.2) is 79.3 Å². The molecule has 1 saturated heterocycles. The smallest absolute Gasteiger partial charge is 0.276 e. The molecule has 2 N–H and O–H groups in total. The van der Waals surface area contributed by atoms with E-state index in [1.54, 1.807) is 18.6 Å². The third-order valence-electron chi connectivity index (χ3n) is 7.24. The number of aromatic amines is 1. The number of pyridine rings is 2. The molecule has 4 heterocycles. The van der Waals surface area contributed by atoms with Gasteiger partial charge in [-0.25, -0.2) is 8.78 Å². The van der Waals surface area contributed by atoms with Crippen molar-refractivity contribution >= 4 is 22.5 Å². The van der Waals surface area contributed by atoms with Crippen molar-refractivity contribution in [3.05, 3.63) is 96.1 Å². The van der Waals surface area contributed by atoms with Gasteiger partial charge >= 0.3 is 0 Å². The second kappa shape index (κ2) is 10.6. The van der Waals surface area contributed by atoms with Gasteiger partial charge in [-0.05, 0) is 54.4 Å². The molecule has 1 aliphatic rings. The quantitative estimate of drug-likeness (QED) is 0.258. The van der Waals surface area contributed by atoms with Gasteiger partial charge in [0.15, 0.2) is 5.69 Å². The minimum absolute atomic E-state index is 0.116. The molecule has 1 aliphatic heterocycles. The van der Waals surface area contributed by atoms with Gasteiger partial charge in [0.1, 0.15) is 0 Å². The molecule has 40 heavy (non-hydrogen) atoms. The minimum Gasteiger partial charge on any atom is -0.319 e. The highest BCUT2D eigenvalue weighted by atomic mass is 19.3. The first-order chi connectivity index (χ1) is 19.3. The van der Waals surface area contributed by atoms with Crippen molar-refractivity contribution in [2.45, 2.75) is 32.2 Å². The Balaban J connectivity index is 1.19. The molecule has 9 heteroatoms. The van der Waals surface area contributed by atoms with E-state index >= 15 is 0 Å². The largest absolute Gasteiger partial charge is 0.319 e. The maximum absolute atomic E-state index is 13.5. The first kappa shape index (κ1) is 25.8. The molecular weight excluding hydrogens is 510 g/mol. The third kappa shape index (κ3) is 5.60. The van der Waals surface area contributed by atoms with Crippen molar-refractivity contribution in [3.63, 3.8) is 0 Å². The number of carbonyl (C=O) groups is 1. The van der Waals surface area contributed by atoms with Crippen LogP contribution < -0.4 is 5.32 Å². The zero-order chi connectivity index (χ0) is 27.7. The predicted octanol–water partition coefficient (Wildman–Crippen LogP) is 6.48. The zero-order valence-electron chi connectivity index (χ0n) is 22.0. The van der Waals surface area contributed by atoms with E-state index in [-0.39, 0.29) is 24.4 Å². The zero-order valence-corrected chi connectivity index (χ0v) is 22.0. The highest BCUT2D eigenvalue weighted by Crippen LogP contribution is 2.30. The van der Waals surface area contributed by atoms with Gasteiger partial charge in [0, 0.05) is 61.4 Å². The summed E-state index contributed by atoms with van der Waals surface area (Å²) in [4.78, 5) is 24.1. The van der Waals surface area contributed by atoms with Crippen LogP contribution >= 0.6 is 0 Å². The summed E-state index contributed by atoms with van der Waals surface area (Å²) in [5, 5.41) is 10.8. The molecule has 0 unspecified atom stereocenters. The lowest BCUT2D eigenvalue weighted by molar-refractivity contribution is -0.0566. The number of amides is 1. The van der Waals surface area contributed by atoms with E-state index in [1.165, 1.54) is 0 Å². The van der Waals surface area contributed by atoms with Crippen LogP contribution in [0.2, 0.25) is 0 Å².